The van der Waals surface area contributed by atoms with E-state index in [1.54, 1.807) is 11.3 Å². The molecule has 1 unspecified atom stereocenters. The Morgan fingerprint density at radius 1 is 1.03 bits per heavy atom. The van der Waals surface area contributed by atoms with Crippen molar-refractivity contribution in [1.29, 1.82) is 0 Å². The molecular formula is C21H26ClN3O3S. The van der Waals surface area contributed by atoms with Gasteiger partial charge in [-0.15, -0.1) is 23.7 Å². The molecule has 0 aliphatic carbocycles. The molecule has 1 aromatic carbocycles. The van der Waals surface area contributed by atoms with Crippen LogP contribution in [0.1, 0.15) is 16.1 Å². The number of carbonyl (C=O) groups is 1. The molecule has 1 atom stereocenters. The Bertz CT molecular complexity index is 869. The first-order valence-corrected chi connectivity index (χ1v) is 10.8. The number of thiophene rings is 1. The summed E-state index contributed by atoms with van der Waals surface area (Å²) in [5.41, 5.74) is 1.06. The lowest BCUT2D eigenvalue weighted by molar-refractivity contribution is 0.0778. The maximum absolute atomic E-state index is 13.0. The molecule has 156 valence electrons. The molecule has 1 aromatic heterocycles. The van der Waals surface area contributed by atoms with Gasteiger partial charge in [0, 0.05) is 50.2 Å². The summed E-state index contributed by atoms with van der Waals surface area (Å²) in [7, 11) is 0. The van der Waals surface area contributed by atoms with Gasteiger partial charge in [-0.05, 0) is 42.3 Å². The fourth-order valence-corrected chi connectivity index (χ4v) is 5.20. The highest BCUT2D eigenvalue weighted by atomic mass is 35.5. The average molecular weight is 436 g/mol. The second kappa shape index (κ2) is 8.92. The Hall–Kier alpha value is -1.80. The number of piperazine rings is 1. The van der Waals surface area contributed by atoms with Crippen molar-refractivity contribution in [3.8, 4) is 21.9 Å². The van der Waals surface area contributed by atoms with Crippen molar-refractivity contribution >= 4 is 29.7 Å². The van der Waals surface area contributed by atoms with Gasteiger partial charge in [0.15, 0.2) is 11.5 Å². The summed E-state index contributed by atoms with van der Waals surface area (Å²) < 4.78 is 11.3. The zero-order valence-electron chi connectivity index (χ0n) is 16.3. The fraction of sp³-hybridized carbons (Fsp3) is 0.476. The van der Waals surface area contributed by atoms with Gasteiger partial charge in [0.05, 0.1) is 4.88 Å². The Morgan fingerprint density at radius 2 is 1.83 bits per heavy atom. The van der Waals surface area contributed by atoms with Crippen LogP contribution in [-0.2, 0) is 0 Å². The van der Waals surface area contributed by atoms with Gasteiger partial charge in [0.25, 0.3) is 5.91 Å². The highest BCUT2D eigenvalue weighted by Crippen LogP contribution is 2.37. The van der Waals surface area contributed by atoms with Crippen LogP contribution < -0.4 is 14.8 Å². The van der Waals surface area contributed by atoms with E-state index in [2.05, 4.69) is 10.2 Å². The molecule has 29 heavy (non-hydrogen) atoms. The average Bonchev–Trinajstić information content (AvgIpc) is 3.44. The third kappa shape index (κ3) is 4.23. The molecule has 2 aromatic rings. The maximum Gasteiger partial charge on any atom is 0.263 e. The monoisotopic (exact) mass is 435 g/mol. The molecule has 0 bridgehead atoms. The van der Waals surface area contributed by atoms with Crippen LogP contribution in [0.15, 0.2) is 30.3 Å². The van der Waals surface area contributed by atoms with Gasteiger partial charge in [-0.1, -0.05) is 0 Å². The van der Waals surface area contributed by atoms with E-state index >= 15 is 0 Å². The Morgan fingerprint density at radius 3 is 2.66 bits per heavy atom. The minimum Gasteiger partial charge on any atom is -0.486 e. The van der Waals surface area contributed by atoms with Crippen LogP contribution >= 0.6 is 23.7 Å². The molecule has 0 spiro atoms. The summed E-state index contributed by atoms with van der Waals surface area (Å²) in [5.74, 6) is 1.73. The van der Waals surface area contributed by atoms with Crippen molar-refractivity contribution in [1.82, 2.24) is 15.1 Å². The number of benzene rings is 1. The number of rotatable bonds is 3. The first-order chi connectivity index (χ1) is 13.8. The molecule has 3 aliphatic rings. The predicted molar refractivity (Wildman–Crippen MR) is 117 cm³/mol. The first-order valence-electron chi connectivity index (χ1n) is 10.0. The number of carbonyl (C=O) groups excluding carboxylic acids is 1. The quantitative estimate of drug-likeness (QED) is 0.803. The van der Waals surface area contributed by atoms with E-state index in [1.807, 2.05) is 35.2 Å². The highest BCUT2D eigenvalue weighted by Gasteiger charge is 2.31. The van der Waals surface area contributed by atoms with Gasteiger partial charge in [0.2, 0.25) is 0 Å². The molecule has 1 N–H and O–H groups in total. The molecule has 0 saturated carbocycles. The fourth-order valence-electron chi connectivity index (χ4n) is 4.23. The number of nitrogens with one attached hydrogen (secondary N) is 1. The summed E-state index contributed by atoms with van der Waals surface area (Å²) in [6.07, 6.45) is 1.08. The van der Waals surface area contributed by atoms with E-state index in [4.69, 9.17) is 9.47 Å². The van der Waals surface area contributed by atoms with Crippen LogP contribution in [0.5, 0.6) is 11.5 Å². The maximum atomic E-state index is 13.0. The minimum atomic E-state index is 0. The number of hydrogen-bond donors (Lipinski definition) is 1. The lowest BCUT2D eigenvalue weighted by Crippen LogP contribution is -2.49. The summed E-state index contributed by atoms with van der Waals surface area (Å²) in [4.78, 5) is 19.5. The SMILES string of the molecule is Cl.O=C(c1ccc(-c2ccc3c(c2)OCCO3)s1)N1CCC(N2CCNCC2)C1. The van der Waals surface area contributed by atoms with E-state index < -0.39 is 0 Å². The third-order valence-electron chi connectivity index (χ3n) is 5.76. The molecule has 0 radical (unpaired) electrons. The van der Waals surface area contributed by atoms with Crippen molar-refractivity contribution in [2.24, 2.45) is 0 Å². The Labute approximate surface area is 181 Å². The molecule has 4 heterocycles. The molecule has 8 heteroatoms. The normalized spacial score (nSPS) is 21.7. The lowest BCUT2D eigenvalue weighted by Gasteiger charge is -2.32. The summed E-state index contributed by atoms with van der Waals surface area (Å²) in [6.45, 7) is 7.13. The predicted octanol–water partition coefficient (Wildman–Crippen LogP) is 2.73. The Kier molecular flexibility index (Phi) is 6.29. The van der Waals surface area contributed by atoms with Gasteiger partial charge in [-0.2, -0.15) is 0 Å². The van der Waals surface area contributed by atoms with E-state index in [9.17, 15) is 4.79 Å². The standard InChI is InChI=1S/C21H25N3O3S.ClH/c25-21(24-8-5-16(14-24)23-9-6-22-7-10-23)20-4-3-19(28-20)15-1-2-17-18(13-15)27-12-11-26-17;/h1-4,13,16,22H,5-12,14H2;1H. The van der Waals surface area contributed by atoms with E-state index in [1.165, 1.54) is 0 Å². The zero-order chi connectivity index (χ0) is 18.9. The van der Waals surface area contributed by atoms with Crippen molar-refractivity contribution < 1.29 is 14.3 Å². The number of fused-ring (bicyclic) bond motifs is 1. The molecule has 1 amide bonds. The second-order valence-electron chi connectivity index (χ2n) is 7.50. The van der Waals surface area contributed by atoms with Crippen LogP contribution in [0, 0.1) is 0 Å². The van der Waals surface area contributed by atoms with E-state index in [0.29, 0.717) is 19.3 Å². The molecule has 6 nitrogen and oxygen atoms in total. The van der Waals surface area contributed by atoms with E-state index in [-0.39, 0.29) is 18.3 Å². The van der Waals surface area contributed by atoms with Crippen LogP contribution in [0.25, 0.3) is 10.4 Å². The number of ether oxygens (including phenoxy) is 2. The highest BCUT2D eigenvalue weighted by molar-refractivity contribution is 7.17. The zero-order valence-corrected chi connectivity index (χ0v) is 17.9. The largest absolute Gasteiger partial charge is 0.486 e. The van der Waals surface area contributed by atoms with Gasteiger partial charge in [-0.25, -0.2) is 0 Å². The van der Waals surface area contributed by atoms with Crippen molar-refractivity contribution in [2.75, 3.05) is 52.5 Å². The van der Waals surface area contributed by atoms with Crippen molar-refractivity contribution in [3.05, 3.63) is 35.2 Å². The van der Waals surface area contributed by atoms with Gasteiger partial charge >= 0.3 is 0 Å². The number of halogens is 1. The van der Waals surface area contributed by atoms with Crippen LogP contribution in [0.4, 0.5) is 0 Å². The summed E-state index contributed by atoms with van der Waals surface area (Å²) in [6, 6.07) is 10.5. The first kappa shape index (κ1) is 20.5. The molecule has 5 rings (SSSR count). The molecule has 3 aliphatic heterocycles. The Balaban J connectivity index is 0.00000205. The number of likely N-dealkylation sites (tertiary alicyclic amines) is 1. The van der Waals surface area contributed by atoms with Crippen molar-refractivity contribution in [2.45, 2.75) is 12.5 Å². The van der Waals surface area contributed by atoms with Gasteiger partial charge < -0.3 is 19.7 Å². The summed E-state index contributed by atoms with van der Waals surface area (Å²) in [5, 5.41) is 3.40. The van der Waals surface area contributed by atoms with Crippen LogP contribution in [-0.4, -0.2) is 74.2 Å². The van der Waals surface area contributed by atoms with Crippen molar-refractivity contribution in [3.63, 3.8) is 0 Å². The van der Waals surface area contributed by atoms with Crippen LogP contribution in [0.2, 0.25) is 0 Å². The lowest BCUT2D eigenvalue weighted by atomic mass is 10.1. The molecular weight excluding hydrogens is 410 g/mol. The molecule has 2 fully saturated rings. The van der Waals surface area contributed by atoms with Gasteiger partial charge in [-0.3, -0.25) is 9.69 Å². The topological polar surface area (TPSA) is 54.0 Å². The van der Waals surface area contributed by atoms with Crippen LogP contribution in [0.3, 0.4) is 0 Å². The molecule has 2 saturated heterocycles. The second-order valence-corrected chi connectivity index (χ2v) is 8.59. The van der Waals surface area contributed by atoms with E-state index in [0.717, 1.165) is 72.5 Å². The minimum absolute atomic E-state index is 0. The summed E-state index contributed by atoms with van der Waals surface area (Å²) >= 11 is 1.56. The number of nitrogens with zero attached hydrogens (tertiary/aromatic N) is 2. The number of amides is 1. The third-order valence-corrected chi connectivity index (χ3v) is 6.88. The number of hydrogen-bond acceptors (Lipinski definition) is 6. The smallest absolute Gasteiger partial charge is 0.263 e. The van der Waals surface area contributed by atoms with Gasteiger partial charge in [0.1, 0.15) is 13.2 Å².